The third kappa shape index (κ3) is 13.5. The smallest absolute Gasteiger partial charge is 0.410 e. The Balaban J connectivity index is 0.000000267. The van der Waals surface area contributed by atoms with Gasteiger partial charge in [0.15, 0.2) is 0 Å². The molecule has 2 heterocycles. The first-order valence-electron chi connectivity index (χ1n) is 16.8. The Morgan fingerprint density at radius 1 is 0.681 bits per heavy atom. The van der Waals surface area contributed by atoms with Crippen molar-refractivity contribution in [1.82, 2.24) is 20.9 Å². The van der Waals surface area contributed by atoms with Crippen molar-refractivity contribution < 1.29 is 28.6 Å². The average molecular weight is 653 g/mol. The molecule has 10 nitrogen and oxygen atoms in total. The van der Waals surface area contributed by atoms with Gasteiger partial charge in [-0.1, -0.05) is 60.7 Å². The molecule has 0 spiro atoms. The fourth-order valence-electron chi connectivity index (χ4n) is 5.90. The largest absolute Gasteiger partial charge is 0.445 e. The zero-order chi connectivity index (χ0) is 34.5. The average Bonchev–Trinajstić information content (AvgIpc) is 3.03. The summed E-state index contributed by atoms with van der Waals surface area (Å²) in [6.07, 6.45) is 2.78. The van der Waals surface area contributed by atoms with Crippen LogP contribution in [0, 0.1) is 11.8 Å². The van der Waals surface area contributed by atoms with Crippen LogP contribution < -0.4 is 16.0 Å². The van der Waals surface area contributed by atoms with Crippen LogP contribution in [0.15, 0.2) is 60.7 Å². The van der Waals surface area contributed by atoms with Gasteiger partial charge in [0.2, 0.25) is 0 Å². The van der Waals surface area contributed by atoms with Crippen molar-refractivity contribution in [3.05, 3.63) is 71.8 Å². The summed E-state index contributed by atoms with van der Waals surface area (Å²) in [6.45, 7) is 17.6. The number of carbonyl (C=O) groups excluding carboxylic acids is 3. The summed E-state index contributed by atoms with van der Waals surface area (Å²) in [7, 11) is 0. The molecule has 3 amide bonds. The van der Waals surface area contributed by atoms with Crippen molar-refractivity contribution in [2.75, 3.05) is 26.2 Å². The minimum Gasteiger partial charge on any atom is -0.445 e. The van der Waals surface area contributed by atoms with Gasteiger partial charge < -0.3 is 35.1 Å². The van der Waals surface area contributed by atoms with E-state index in [9.17, 15) is 14.4 Å². The maximum absolute atomic E-state index is 12.2. The number of alkyl carbamates (subject to hydrolysis) is 2. The van der Waals surface area contributed by atoms with Crippen molar-refractivity contribution in [2.45, 2.75) is 104 Å². The van der Waals surface area contributed by atoms with Crippen LogP contribution in [0.3, 0.4) is 0 Å². The SMILES string of the molecule is CC(C)(C)OC(=O)N1CCC(C(C)(C)NC(=O)OCc2ccccc2)CC1.CC(C)(NC(=O)OCc1ccccc1)C1CCNCC1. The molecule has 0 radical (unpaired) electrons. The van der Waals surface area contributed by atoms with Crippen molar-refractivity contribution in [1.29, 1.82) is 0 Å². The predicted molar refractivity (Wildman–Crippen MR) is 184 cm³/mol. The number of likely N-dealkylation sites (tertiary alicyclic amines) is 1. The lowest BCUT2D eigenvalue weighted by Gasteiger charge is -2.41. The lowest BCUT2D eigenvalue weighted by Crippen LogP contribution is -2.53. The third-order valence-electron chi connectivity index (χ3n) is 8.80. The molecule has 0 bridgehead atoms. The highest BCUT2D eigenvalue weighted by Gasteiger charge is 2.36. The third-order valence-corrected chi connectivity index (χ3v) is 8.80. The van der Waals surface area contributed by atoms with Gasteiger partial charge in [-0.05, 0) is 110 Å². The molecule has 2 aliphatic heterocycles. The number of carbonyl (C=O) groups is 3. The first-order valence-corrected chi connectivity index (χ1v) is 16.8. The molecule has 10 heteroatoms. The normalized spacial score (nSPS) is 16.3. The van der Waals surface area contributed by atoms with E-state index < -0.39 is 17.2 Å². The number of ether oxygens (including phenoxy) is 3. The highest BCUT2D eigenvalue weighted by atomic mass is 16.6. The molecule has 0 unspecified atom stereocenters. The Morgan fingerprint density at radius 2 is 1.09 bits per heavy atom. The molecule has 0 saturated carbocycles. The van der Waals surface area contributed by atoms with Gasteiger partial charge in [-0.2, -0.15) is 0 Å². The second-order valence-corrected chi connectivity index (χ2v) is 14.6. The molecule has 2 aromatic rings. The van der Waals surface area contributed by atoms with Crippen LogP contribution in [0.1, 0.15) is 85.3 Å². The molecule has 4 rings (SSSR count). The first kappa shape index (κ1) is 37.7. The highest BCUT2D eigenvalue weighted by Crippen LogP contribution is 2.29. The van der Waals surface area contributed by atoms with Crippen LogP contribution in [0.2, 0.25) is 0 Å². The van der Waals surface area contributed by atoms with Crippen molar-refractivity contribution in [2.24, 2.45) is 11.8 Å². The Labute approximate surface area is 281 Å². The van der Waals surface area contributed by atoms with Crippen molar-refractivity contribution >= 4 is 18.3 Å². The van der Waals surface area contributed by atoms with Crippen molar-refractivity contribution in [3.8, 4) is 0 Å². The molecule has 2 aromatic carbocycles. The molecular formula is C37H56N4O6. The molecular weight excluding hydrogens is 596 g/mol. The number of rotatable bonds is 8. The minimum absolute atomic E-state index is 0.226. The van der Waals surface area contributed by atoms with Gasteiger partial charge >= 0.3 is 18.3 Å². The van der Waals surface area contributed by atoms with Crippen LogP contribution in [-0.2, 0) is 27.4 Å². The molecule has 2 fully saturated rings. The van der Waals surface area contributed by atoms with Gasteiger partial charge in [0.1, 0.15) is 18.8 Å². The summed E-state index contributed by atoms with van der Waals surface area (Å²) in [5.41, 5.74) is 0.833. The number of piperidine rings is 2. The van der Waals surface area contributed by atoms with Gasteiger partial charge in [0, 0.05) is 24.2 Å². The Morgan fingerprint density at radius 3 is 1.49 bits per heavy atom. The quantitative estimate of drug-likeness (QED) is 0.262. The maximum Gasteiger partial charge on any atom is 0.410 e. The van der Waals surface area contributed by atoms with Gasteiger partial charge in [-0.15, -0.1) is 0 Å². The van der Waals surface area contributed by atoms with E-state index in [-0.39, 0.29) is 30.3 Å². The number of hydrogen-bond acceptors (Lipinski definition) is 7. The molecule has 0 aliphatic carbocycles. The zero-order valence-corrected chi connectivity index (χ0v) is 29.4. The van der Waals surface area contributed by atoms with E-state index in [1.54, 1.807) is 4.90 Å². The topological polar surface area (TPSA) is 118 Å². The molecule has 3 N–H and O–H groups in total. The predicted octanol–water partition coefficient (Wildman–Crippen LogP) is 7.03. The van der Waals surface area contributed by atoms with Gasteiger partial charge in [-0.3, -0.25) is 0 Å². The Hall–Kier alpha value is -3.79. The summed E-state index contributed by atoms with van der Waals surface area (Å²) in [6, 6.07) is 19.3. The second-order valence-electron chi connectivity index (χ2n) is 14.6. The molecule has 0 aromatic heterocycles. The monoisotopic (exact) mass is 652 g/mol. The zero-order valence-electron chi connectivity index (χ0n) is 29.4. The fraction of sp³-hybridized carbons (Fsp3) is 0.595. The Kier molecular flexibility index (Phi) is 13.9. The van der Waals surface area contributed by atoms with Crippen molar-refractivity contribution in [3.63, 3.8) is 0 Å². The van der Waals surface area contributed by atoms with E-state index in [0.29, 0.717) is 25.6 Å². The summed E-state index contributed by atoms with van der Waals surface area (Å²) >= 11 is 0. The lowest BCUT2D eigenvalue weighted by molar-refractivity contribution is 0.0140. The van der Waals surface area contributed by atoms with Crippen LogP contribution >= 0.6 is 0 Å². The molecule has 2 aliphatic rings. The van der Waals surface area contributed by atoms with Gasteiger partial charge in [-0.25, -0.2) is 14.4 Å². The lowest BCUT2D eigenvalue weighted by atomic mass is 9.80. The summed E-state index contributed by atoms with van der Waals surface area (Å²) in [5, 5.41) is 9.33. The van der Waals surface area contributed by atoms with E-state index in [0.717, 1.165) is 49.9 Å². The van der Waals surface area contributed by atoms with E-state index in [2.05, 4.69) is 29.8 Å². The number of nitrogens with one attached hydrogen (secondary N) is 3. The van der Waals surface area contributed by atoms with Crippen LogP contribution in [-0.4, -0.2) is 66.0 Å². The maximum atomic E-state index is 12.2. The van der Waals surface area contributed by atoms with Crippen LogP contribution in [0.4, 0.5) is 14.4 Å². The summed E-state index contributed by atoms with van der Waals surface area (Å²) < 4.78 is 16.1. The van der Waals surface area contributed by atoms with E-state index in [1.807, 2.05) is 95.3 Å². The molecule has 260 valence electrons. The minimum atomic E-state index is -0.489. The van der Waals surface area contributed by atoms with E-state index in [4.69, 9.17) is 14.2 Å². The fourth-order valence-corrected chi connectivity index (χ4v) is 5.90. The standard InChI is InChI=1S/C21H32N2O4.C16H24N2O2/c1-20(2,3)27-19(25)23-13-11-17(12-14-23)21(4,5)22-18(24)26-15-16-9-7-6-8-10-16;1-16(2,14-8-10-17-11-9-14)18-15(19)20-12-13-6-4-3-5-7-13/h6-10,17H,11-15H2,1-5H3,(H,22,24);3-7,14,17H,8-12H2,1-2H3,(H,18,19). The highest BCUT2D eigenvalue weighted by molar-refractivity contribution is 5.69. The number of amides is 3. The second kappa shape index (κ2) is 17.4. The van der Waals surface area contributed by atoms with Gasteiger partial charge in [0.25, 0.3) is 0 Å². The molecule has 0 atom stereocenters. The molecule has 47 heavy (non-hydrogen) atoms. The van der Waals surface area contributed by atoms with Crippen LogP contribution in [0.25, 0.3) is 0 Å². The van der Waals surface area contributed by atoms with Gasteiger partial charge in [0.05, 0.1) is 0 Å². The van der Waals surface area contributed by atoms with E-state index >= 15 is 0 Å². The Bertz CT molecular complexity index is 1250. The summed E-state index contributed by atoms with van der Waals surface area (Å²) in [5.74, 6) is 0.758. The number of benzene rings is 2. The molecule has 2 saturated heterocycles. The number of nitrogens with zero attached hydrogens (tertiary/aromatic N) is 1. The first-order chi connectivity index (χ1) is 22.1. The van der Waals surface area contributed by atoms with E-state index in [1.165, 1.54) is 0 Å². The van der Waals surface area contributed by atoms with Crippen LogP contribution in [0.5, 0.6) is 0 Å². The number of hydrogen-bond donors (Lipinski definition) is 3. The summed E-state index contributed by atoms with van der Waals surface area (Å²) in [4.78, 5) is 38.0.